The molecule has 6 aromatic heterocycles. The monoisotopic (exact) mass is 989 g/mol. The number of carbonyl (C=O) groups excluding carboxylic acids is 2. The molecule has 2 amide bonds. The molecule has 376 valence electrons. The fourth-order valence-corrected chi connectivity index (χ4v) is 8.57. The number of amides is 2. The van der Waals surface area contributed by atoms with Crippen molar-refractivity contribution in [3.8, 4) is 0 Å². The van der Waals surface area contributed by atoms with Crippen molar-refractivity contribution in [2.45, 2.75) is 109 Å². The van der Waals surface area contributed by atoms with E-state index in [1.54, 1.807) is 61.3 Å². The summed E-state index contributed by atoms with van der Waals surface area (Å²) in [6, 6.07) is 4.71. The number of nitrogens with zero attached hydrogens (tertiary/aromatic N) is 10. The Morgan fingerprint density at radius 1 is 0.900 bits per heavy atom. The zero-order valence-electron chi connectivity index (χ0n) is 38.2. The van der Waals surface area contributed by atoms with Crippen LogP contribution in [0.1, 0.15) is 69.6 Å². The van der Waals surface area contributed by atoms with Crippen LogP contribution in [0.4, 0.5) is 65.3 Å². The minimum absolute atomic E-state index is 0.0331. The molecule has 2 saturated heterocycles. The average Bonchev–Trinajstić information content (AvgIpc) is 4.17. The third-order valence-electron chi connectivity index (χ3n) is 11.8. The van der Waals surface area contributed by atoms with Gasteiger partial charge in [-0.2, -0.15) is 15.1 Å². The largest absolute Gasteiger partial charge is 0.522 e. The summed E-state index contributed by atoms with van der Waals surface area (Å²) in [5.41, 5.74) is 0.867. The Hall–Kier alpha value is -6.94. The van der Waals surface area contributed by atoms with E-state index in [0.717, 1.165) is 16.8 Å². The van der Waals surface area contributed by atoms with E-state index < -0.39 is 67.5 Å². The van der Waals surface area contributed by atoms with Gasteiger partial charge >= 0.3 is 30.3 Å². The number of ether oxygens (including phenoxy) is 4. The molecule has 28 heteroatoms. The lowest BCUT2D eigenvalue weighted by Gasteiger charge is -2.34. The smallest absolute Gasteiger partial charge is 0.443 e. The highest BCUT2D eigenvalue weighted by atomic mass is 19.4. The number of carbonyl (C=O) groups is 2. The lowest BCUT2D eigenvalue weighted by atomic mass is 10.0. The van der Waals surface area contributed by atoms with E-state index >= 15 is 8.78 Å². The van der Waals surface area contributed by atoms with Gasteiger partial charge in [-0.15, -0.1) is 17.9 Å². The highest BCUT2D eigenvalue weighted by Gasteiger charge is 2.44. The number of anilines is 5. The van der Waals surface area contributed by atoms with Crippen LogP contribution >= 0.6 is 0 Å². The molecule has 0 spiro atoms. The van der Waals surface area contributed by atoms with E-state index in [-0.39, 0.29) is 54.2 Å². The minimum Gasteiger partial charge on any atom is -0.443 e. The molecule has 6 N–H and O–H groups in total. The Labute approximate surface area is 394 Å². The van der Waals surface area contributed by atoms with Crippen LogP contribution in [-0.2, 0) is 32.2 Å². The molecule has 70 heavy (non-hydrogen) atoms. The number of hydrogen-bond acceptors (Lipinski definition) is 15. The van der Waals surface area contributed by atoms with Gasteiger partial charge in [0.2, 0.25) is 5.95 Å². The van der Waals surface area contributed by atoms with Crippen LogP contribution in [0, 0.1) is 5.82 Å². The van der Waals surface area contributed by atoms with Crippen molar-refractivity contribution in [3.05, 3.63) is 65.9 Å². The Morgan fingerprint density at radius 3 is 2.37 bits per heavy atom. The van der Waals surface area contributed by atoms with Crippen molar-refractivity contribution in [3.63, 3.8) is 0 Å². The van der Waals surface area contributed by atoms with Gasteiger partial charge in [0.15, 0.2) is 36.2 Å². The fraction of sp³-hybridized carbons (Fsp3) is 0.524. The molecular formula is C42H51F6N16O6+. The van der Waals surface area contributed by atoms with Gasteiger partial charge in [-0.05, 0) is 40.5 Å². The zero-order valence-corrected chi connectivity index (χ0v) is 38.2. The van der Waals surface area contributed by atoms with Crippen LogP contribution in [0.5, 0.6) is 0 Å². The first-order valence-electron chi connectivity index (χ1n) is 22.6. The highest BCUT2D eigenvalue weighted by Crippen LogP contribution is 2.39. The van der Waals surface area contributed by atoms with Gasteiger partial charge in [-0.1, -0.05) is 0 Å². The van der Waals surface area contributed by atoms with E-state index in [4.69, 9.17) is 19.2 Å². The first-order valence-corrected chi connectivity index (χ1v) is 22.6. The van der Waals surface area contributed by atoms with E-state index in [1.807, 2.05) is 6.07 Å². The van der Waals surface area contributed by atoms with Crippen LogP contribution in [0.15, 0.2) is 43.0 Å². The SMILES string of the molecule is CC(C)NC(=O)O[C@H]1CC[C@@H](c2cc(Nc3nc(N4CCN(C[n+]5[nH]c([C@H]6OC[C@@H](OC(=O)NC(C)C)[C@H]6F)cc5Nc5ncc(F)c6nc(COC(F)(F)F)cn56)CC4)cc4nccn34)n[nH]2)[C@@H]1F. The third kappa shape index (κ3) is 10.8. The summed E-state index contributed by atoms with van der Waals surface area (Å²) in [5, 5.41) is 22.0. The molecule has 8 heterocycles. The van der Waals surface area contributed by atoms with Gasteiger partial charge < -0.3 is 35.1 Å². The molecule has 2 aliphatic heterocycles. The lowest BCUT2D eigenvalue weighted by molar-refractivity contribution is -0.754. The molecule has 6 aromatic rings. The average molecular weight is 990 g/mol. The fourth-order valence-electron chi connectivity index (χ4n) is 8.57. The van der Waals surface area contributed by atoms with E-state index in [2.05, 4.69) is 66.1 Å². The normalized spacial score (nSPS) is 22.1. The number of aromatic nitrogens is 10. The van der Waals surface area contributed by atoms with Crippen molar-refractivity contribution in [1.29, 1.82) is 0 Å². The van der Waals surface area contributed by atoms with E-state index in [0.29, 0.717) is 67.9 Å². The molecule has 1 aliphatic carbocycles. The molecule has 6 atom stereocenters. The van der Waals surface area contributed by atoms with Crippen molar-refractivity contribution in [1.82, 2.24) is 59.6 Å². The predicted octanol–water partition coefficient (Wildman–Crippen LogP) is 5.18. The molecule has 1 saturated carbocycles. The molecule has 22 nitrogen and oxygen atoms in total. The van der Waals surface area contributed by atoms with Crippen LogP contribution in [0.2, 0.25) is 0 Å². The molecule has 0 radical (unpaired) electrons. The van der Waals surface area contributed by atoms with Gasteiger partial charge in [-0.25, -0.2) is 47.5 Å². The molecular weight excluding hydrogens is 939 g/mol. The number of H-pyrrole nitrogens is 2. The number of fused-ring (bicyclic) bond motifs is 2. The maximum Gasteiger partial charge on any atom is 0.522 e. The highest BCUT2D eigenvalue weighted by molar-refractivity contribution is 5.68. The Kier molecular flexibility index (Phi) is 13.6. The van der Waals surface area contributed by atoms with Crippen LogP contribution < -0.4 is 30.8 Å². The van der Waals surface area contributed by atoms with Crippen molar-refractivity contribution in [2.75, 3.05) is 48.3 Å². The van der Waals surface area contributed by atoms with E-state index in [9.17, 15) is 27.2 Å². The summed E-state index contributed by atoms with van der Waals surface area (Å²) < 4.78 is 110. The van der Waals surface area contributed by atoms with Gasteiger partial charge in [0, 0.05) is 80.6 Å². The number of piperazine rings is 1. The molecule has 0 unspecified atom stereocenters. The van der Waals surface area contributed by atoms with Gasteiger partial charge in [0.25, 0.3) is 0 Å². The maximum absolute atomic E-state index is 16.0. The maximum atomic E-state index is 16.0. The standard InChI is InChI=1S/C42H50F6N16O6/c1-21(2)51-40(65)69-28-6-5-24(34(28)44)26-13-30(58-57-26)54-39-55-32(15-31-49-7-8-62(31)39)61-11-9-60(10-12-61)20-64-33(14-27(59-64)36-35(45)29(19-67-36)70-41(66)52-22(3)4)56-38-50-16-25(43)37-53-23(17-63(37)38)18-68-42(46,47)48/h7-8,13-17,21-22,24,28-29,34-36H,5-6,9-12,18-20H2,1-4H3,(H5,49,50,51,52,53,54,55,56,57,58,59,65,66)/p+1/t24-,28-,29+,34-,35+,36+/m0/s1. The summed E-state index contributed by atoms with van der Waals surface area (Å²) in [6.07, 6.45) is -6.71. The van der Waals surface area contributed by atoms with Crippen LogP contribution in [0.25, 0.3) is 11.3 Å². The molecule has 0 aromatic carbocycles. The third-order valence-corrected chi connectivity index (χ3v) is 11.8. The summed E-state index contributed by atoms with van der Waals surface area (Å²) in [6.45, 7) is 8.02. The number of alkyl halides is 5. The predicted molar refractivity (Wildman–Crippen MR) is 234 cm³/mol. The second kappa shape index (κ2) is 19.8. The first kappa shape index (κ1) is 48.1. The van der Waals surface area contributed by atoms with Gasteiger partial charge in [0.05, 0.1) is 36.9 Å². The van der Waals surface area contributed by atoms with Crippen LogP contribution in [0.3, 0.4) is 0 Å². The summed E-state index contributed by atoms with van der Waals surface area (Å²) in [5.74, 6) is 0.207. The molecule has 3 fully saturated rings. The Morgan fingerprint density at radius 2 is 1.64 bits per heavy atom. The molecule has 9 rings (SSSR count). The van der Waals surface area contributed by atoms with Crippen molar-refractivity contribution >= 4 is 52.8 Å². The van der Waals surface area contributed by atoms with Crippen molar-refractivity contribution < 1.29 is 59.6 Å². The minimum atomic E-state index is -4.95. The zero-order chi connectivity index (χ0) is 49.4. The lowest BCUT2D eigenvalue weighted by Crippen LogP contribution is -2.54. The number of rotatable bonds is 15. The number of aromatic amines is 2. The number of hydrogen-bond donors (Lipinski definition) is 6. The van der Waals surface area contributed by atoms with Crippen molar-refractivity contribution in [2.24, 2.45) is 0 Å². The van der Waals surface area contributed by atoms with Gasteiger partial charge in [-0.3, -0.25) is 19.1 Å². The summed E-state index contributed by atoms with van der Waals surface area (Å²) in [4.78, 5) is 46.2. The Bertz CT molecular complexity index is 2810. The molecule has 0 bridgehead atoms. The molecule has 3 aliphatic rings. The topological polar surface area (TPSA) is 234 Å². The second-order valence-electron chi connectivity index (χ2n) is 17.7. The number of halogens is 6. The van der Waals surface area contributed by atoms with Gasteiger partial charge in [0.1, 0.15) is 29.8 Å². The number of nitrogens with one attached hydrogen (secondary N) is 6. The Balaban J connectivity index is 0.902. The van der Waals surface area contributed by atoms with E-state index in [1.165, 1.54) is 0 Å². The quantitative estimate of drug-likeness (QED) is 0.0575. The first-order chi connectivity index (χ1) is 33.4. The number of imidazole rings is 2. The number of alkyl carbamates (subject to hydrolysis) is 2. The summed E-state index contributed by atoms with van der Waals surface area (Å²) >= 11 is 0. The summed E-state index contributed by atoms with van der Waals surface area (Å²) in [7, 11) is 0. The van der Waals surface area contributed by atoms with Crippen LogP contribution in [-0.4, -0.2) is 137 Å². The second-order valence-corrected chi connectivity index (χ2v) is 17.7.